The second-order valence-corrected chi connectivity index (χ2v) is 6.82. The lowest BCUT2D eigenvalue weighted by Crippen LogP contribution is -2.47. The highest BCUT2D eigenvalue weighted by Crippen LogP contribution is 2.24. The minimum absolute atomic E-state index is 0.0501. The fourth-order valence-electron chi connectivity index (χ4n) is 3.51. The molecule has 0 aromatic carbocycles. The highest BCUT2D eigenvalue weighted by atomic mass is 16.2. The molecular weight excluding hydrogens is 250 g/mol. The number of carbonyl (C=O) groups is 1. The third-order valence-electron chi connectivity index (χ3n) is 4.85. The summed E-state index contributed by atoms with van der Waals surface area (Å²) in [6.45, 7) is 8.67. The van der Waals surface area contributed by atoms with Crippen molar-refractivity contribution in [2.45, 2.75) is 71.1 Å². The molecule has 0 bridgehead atoms. The van der Waals surface area contributed by atoms with Crippen LogP contribution in [0.1, 0.15) is 52.9 Å². The van der Waals surface area contributed by atoms with Crippen LogP contribution in [0.5, 0.6) is 0 Å². The molecule has 0 saturated carbocycles. The molecule has 0 aliphatic carbocycles. The summed E-state index contributed by atoms with van der Waals surface area (Å²) in [5.41, 5.74) is 0. The van der Waals surface area contributed by atoms with Crippen LogP contribution in [-0.2, 0) is 4.79 Å². The van der Waals surface area contributed by atoms with Crippen LogP contribution in [0.25, 0.3) is 0 Å². The second kappa shape index (κ2) is 6.90. The van der Waals surface area contributed by atoms with Gasteiger partial charge in [-0.2, -0.15) is 0 Å². The zero-order valence-corrected chi connectivity index (χ0v) is 13.6. The Kier molecular flexibility index (Phi) is 5.44. The molecule has 2 fully saturated rings. The van der Waals surface area contributed by atoms with E-state index in [2.05, 4.69) is 42.9 Å². The van der Waals surface area contributed by atoms with Gasteiger partial charge < -0.3 is 9.80 Å². The third kappa shape index (κ3) is 3.34. The second-order valence-electron chi connectivity index (χ2n) is 6.82. The van der Waals surface area contributed by atoms with E-state index in [4.69, 9.17) is 0 Å². The SMILES string of the molecule is CCCCC1NC(C(C)C)N(CC2CCCN2C)C1=O. The van der Waals surface area contributed by atoms with E-state index in [0.29, 0.717) is 17.9 Å². The first-order valence-electron chi connectivity index (χ1n) is 8.31. The lowest BCUT2D eigenvalue weighted by Gasteiger charge is -2.31. The summed E-state index contributed by atoms with van der Waals surface area (Å²) >= 11 is 0. The Morgan fingerprint density at radius 2 is 2.15 bits per heavy atom. The third-order valence-corrected chi connectivity index (χ3v) is 4.85. The van der Waals surface area contributed by atoms with Crippen LogP contribution >= 0.6 is 0 Å². The maximum atomic E-state index is 12.7. The molecule has 3 unspecified atom stereocenters. The van der Waals surface area contributed by atoms with Gasteiger partial charge in [0.1, 0.15) is 0 Å². The quantitative estimate of drug-likeness (QED) is 0.809. The first-order valence-corrected chi connectivity index (χ1v) is 8.31. The molecule has 2 aliphatic rings. The largest absolute Gasteiger partial charge is 0.324 e. The van der Waals surface area contributed by atoms with Crippen molar-refractivity contribution in [1.82, 2.24) is 15.1 Å². The van der Waals surface area contributed by atoms with E-state index in [0.717, 1.165) is 25.8 Å². The molecule has 116 valence electrons. The molecule has 2 saturated heterocycles. The molecule has 4 nitrogen and oxygen atoms in total. The number of hydrogen-bond donors (Lipinski definition) is 1. The average Bonchev–Trinajstić information content (AvgIpc) is 2.94. The molecule has 3 atom stereocenters. The van der Waals surface area contributed by atoms with Crippen LogP contribution in [-0.4, -0.2) is 54.1 Å². The van der Waals surface area contributed by atoms with E-state index in [-0.39, 0.29) is 12.2 Å². The van der Waals surface area contributed by atoms with Crippen molar-refractivity contribution in [3.63, 3.8) is 0 Å². The van der Waals surface area contributed by atoms with Gasteiger partial charge in [-0.15, -0.1) is 0 Å². The molecule has 1 amide bonds. The van der Waals surface area contributed by atoms with E-state index in [1.165, 1.54) is 19.4 Å². The minimum atomic E-state index is 0.0501. The molecule has 2 aliphatic heterocycles. The Morgan fingerprint density at radius 3 is 2.70 bits per heavy atom. The summed E-state index contributed by atoms with van der Waals surface area (Å²) in [4.78, 5) is 17.2. The topological polar surface area (TPSA) is 35.6 Å². The number of hydrogen-bond acceptors (Lipinski definition) is 3. The maximum Gasteiger partial charge on any atom is 0.241 e. The molecule has 0 radical (unpaired) electrons. The van der Waals surface area contributed by atoms with Crippen LogP contribution in [0.2, 0.25) is 0 Å². The van der Waals surface area contributed by atoms with Gasteiger partial charge >= 0.3 is 0 Å². The first kappa shape index (κ1) is 15.8. The van der Waals surface area contributed by atoms with Crippen LogP contribution in [0.3, 0.4) is 0 Å². The molecule has 2 heterocycles. The van der Waals surface area contributed by atoms with Crippen LogP contribution < -0.4 is 5.32 Å². The van der Waals surface area contributed by atoms with Gasteiger partial charge in [0.05, 0.1) is 12.2 Å². The highest BCUT2D eigenvalue weighted by molar-refractivity contribution is 5.84. The van der Waals surface area contributed by atoms with Gasteiger partial charge in [-0.05, 0) is 38.8 Å². The summed E-state index contributed by atoms with van der Waals surface area (Å²) in [5.74, 6) is 0.801. The number of nitrogens with one attached hydrogen (secondary N) is 1. The van der Waals surface area contributed by atoms with Crippen LogP contribution in [0.15, 0.2) is 0 Å². The van der Waals surface area contributed by atoms with E-state index in [9.17, 15) is 4.79 Å². The van der Waals surface area contributed by atoms with E-state index >= 15 is 0 Å². The normalized spacial score (nSPS) is 31.8. The van der Waals surface area contributed by atoms with Gasteiger partial charge in [0.25, 0.3) is 0 Å². The number of likely N-dealkylation sites (N-methyl/N-ethyl adjacent to an activating group) is 1. The number of amides is 1. The van der Waals surface area contributed by atoms with Crippen molar-refractivity contribution in [2.75, 3.05) is 20.1 Å². The van der Waals surface area contributed by atoms with Gasteiger partial charge in [0.2, 0.25) is 5.91 Å². The molecule has 0 aromatic heterocycles. The fraction of sp³-hybridized carbons (Fsp3) is 0.938. The predicted molar refractivity (Wildman–Crippen MR) is 82.4 cm³/mol. The smallest absolute Gasteiger partial charge is 0.241 e. The number of rotatable bonds is 6. The van der Waals surface area contributed by atoms with Crippen molar-refractivity contribution >= 4 is 5.91 Å². The Labute approximate surface area is 123 Å². The standard InChI is InChI=1S/C16H31N3O/c1-5-6-9-14-16(20)19(15(17-14)12(2)3)11-13-8-7-10-18(13)4/h12-15,17H,5-11H2,1-4H3. The van der Waals surface area contributed by atoms with Crippen molar-refractivity contribution in [3.8, 4) is 0 Å². The lowest BCUT2D eigenvalue weighted by atomic mass is 10.1. The molecule has 0 spiro atoms. The van der Waals surface area contributed by atoms with Crippen molar-refractivity contribution in [1.29, 1.82) is 0 Å². The monoisotopic (exact) mass is 281 g/mol. The lowest BCUT2D eigenvalue weighted by molar-refractivity contribution is -0.131. The Bertz CT molecular complexity index is 332. The van der Waals surface area contributed by atoms with E-state index < -0.39 is 0 Å². The van der Waals surface area contributed by atoms with Crippen molar-refractivity contribution < 1.29 is 4.79 Å². The average molecular weight is 281 g/mol. The Hall–Kier alpha value is -0.610. The fourth-order valence-corrected chi connectivity index (χ4v) is 3.51. The van der Waals surface area contributed by atoms with Crippen molar-refractivity contribution in [3.05, 3.63) is 0 Å². The van der Waals surface area contributed by atoms with Gasteiger partial charge in [0, 0.05) is 12.6 Å². The highest BCUT2D eigenvalue weighted by Gasteiger charge is 2.41. The summed E-state index contributed by atoms with van der Waals surface area (Å²) in [7, 11) is 2.19. The molecule has 1 N–H and O–H groups in total. The zero-order valence-electron chi connectivity index (χ0n) is 13.6. The van der Waals surface area contributed by atoms with Gasteiger partial charge in [-0.3, -0.25) is 10.1 Å². The molecule has 4 heteroatoms. The Morgan fingerprint density at radius 1 is 1.40 bits per heavy atom. The van der Waals surface area contributed by atoms with E-state index in [1.807, 2.05) is 0 Å². The van der Waals surface area contributed by atoms with Gasteiger partial charge in [-0.1, -0.05) is 33.6 Å². The van der Waals surface area contributed by atoms with Crippen LogP contribution in [0.4, 0.5) is 0 Å². The summed E-state index contributed by atoms with van der Waals surface area (Å²) in [6.07, 6.45) is 5.98. The summed E-state index contributed by atoms with van der Waals surface area (Å²) in [6, 6.07) is 0.598. The number of likely N-dealkylation sites (tertiary alicyclic amines) is 1. The summed E-state index contributed by atoms with van der Waals surface area (Å²) < 4.78 is 0. The molecular formula is C16H31N3O. The number of unbranched alkanes of at least 4 members (excludes halogenated alkanes) is 1. The number of nitrogens with zero attached hydrogens (tertiary/aromatic N) is 2. The van der Waals surface area contributed by atoms with E-state index in [1.54, 1.807) is 0 Å². The Balaban J connectivity index is 2.01. The maximum absolute atomic E-state index is 12.7. The molecule has 20 heavy (non-hydrogen) atoms. The summed E-state index contributed by atoms with van der Waals surface area (Å²) in [5, 5.41) is 3.57. The van der Waals surface area contributed by atoms with Gasteiger partial charge in [0.15, 0.2) is 0 Å². The predicted octanol–water partition coefficient (Wildman–Crippen LogP) is 2.05. The van der Waals surface area contributed by atoms with Gasteiger partial charge in [-0.25, -0.2) is 0 Å². The minimum Gasteiger partial charge on any atom is -0.324 e. The molecule has 0 aromatic rings. The first-order chi connectivity index (χ1) is 9.54. The van der Waals surface area contributed by atoms with Crippen molar-refractivity contribution in [2.24, 2.45) is 5.92 Å². The molecule has 2 rings (SSSR count). The number of carbonyl (C=O) groups excluding carboxylic acids is 1. The van der Waals surface area contributed by atoms with Crippen LogP contribution in [0, 0.1) is 5.92 Å². The zero-order chi connectivity index (χ0) is 14.7.